The van der Waals surface area contributed by atoms with Gasteiger partial charge in [0.1, 0.15) is 0 Å². The Hall–Kier alpha value is -0.600. The number of likely N-dealkylation sites (tertiary alicyclic amines) is 1. The van der Waals surface area contributed by atoms with Gasteiger partial charge in [-0.1, -0.05) is 38.2 Å². The van der Waals surface area contributed by atoms with Gasteiger partial charge >= 0.3 is 0 Å². The molecule has 0 aromatic rings. The number of allylic oxidation sites excluding steroid dienone is 2. The molecule has 96 valence electrons. The van der Waals surface area contributed by atoms with E-state index >= 15 is 0 Å². The van der Waals surface area contributed by atoms with Crippen molar-refractivity contribution in [1.29, 1.82) is 0 Å². The summed E-state index contributed by atoms with van der Waals surface area (Å²) in [4.78, 5) is 2.58. The van der Waals surface area contributed by atoms with Crippen molar-refractivity contribution < 1.29 is 5.11 Å². The van der Waals surface area contributed by atoms with Crippen LogP contribution in [-0.2, 0) is 0 Å². The smallest absolute Gasteiger partial charge is 0.0564 e. The zero-order valence-corrected chi connectivity index (χ0v) is 11.1. The highest BCUT2D eigenvalue weighted by atomic mass is 16.3. The Balaban J connectivity index is 2.10. The summed E-state index contributed by atoms with van der Waals surface area (Å²) in [6.45, 7) is 6.66. The van der Waals surface area contributed by atoms with Crippen molar-refractivity contribution in [3.63, 3.8) is 0 Å². The van der Waals surface area contributed by atoms with Gasteiger partial charge in [-0.25, -0.2) is 0 Å². The molecule has 2 rings (SSSR count). The Labute approximate surface area is 105 Å². The average Bonchev–Trinajstić information content (AvgIpc) is 2.30. The monoisotopic (exact) mass is 235 g/mol. The molecule has 0 saturated carbocycles. The topological polar surface area (TPSA) is 23.5 Å². The maximum absolute atomic E-state index is 9.63. The van der Waals surface area contributed by atoms with Crippen molar-refractivity contribution in [2.24, 2.45) is 5.92 Å². The van der Waals surface area contributed by atoms with Crippen LogP contribution < -0.4 is 0 Å². The predicted octanol–water partition coefficient (Wildman–Crippen LogP) is 2.74. The summed E-state index contributed by atoms with van der Waals surface area (Å²) >= 11 is 0. The van der Waals surface area contributed by atoms with Gasteiger partial charge in [-0.2, -0.15) is 0 Å². The zero-order valence-electron chi connectivity index (χ0n) is 11.1. The minimum atomic E-state index is -0.0783. The van der Waals surface area contributed by atoms with Crippen LogP contribution in [0.1, 0.15) is 39.5 Å². The predicted molar refractivity (Wildman–Crippen MR) is 71.9 cm³/mol. The Morgan fingerprint density at radius 1 is 1.29 bits per heavy atom. The summed E-state index contributed by atoms with van der Waals surface area (Å²) in [6.07, 6.45) is 13.1. The van der Waals surface area contributed by atoms with E-state index in [1.807, 2.05) is 0 Å². The van der Waals surface area contributed by atoms with Crippen LogP contribution in [0.4, 0.5) is 0 Å². The van der Waals surface area contributed by atoms with Gasteiger partial charge in [-0.3, -0.25) is 4.90 Å². The molecule has 2 aliphatic rings. The first kappa shape index (κ1) is 12.8. The van der Waals surface area contributed by atoms with Gasteiger partial charge in [0, 0.05) is 18.6 Å². The van der Waals surface area contributed by atoms with E-state index in [9.17, 15) is 5.11 Å². The lowest BCUT2D eigenvalue weighted by atomic mass is 9.80. The third-order valence-electron chi connectivity index (χ3n) is 3.98. The molecule has 1 N–H and O–H groups in total. The lowest BCUT2D eigenvalue weighted by Gasteiger charge is -2.46. The SMILES string of the molecule is CC(C)CC1(N2CCC(O)CC2)C=CC=CC1. The molecular weight excluding hydrogens is 210 g/mol. The number of hydrogen-bond donors (Lipinski definition) is 1. The largest absolute Gasteiger partial charge is 0.393 e. The molecule has 1 fully saturated rings. The zero-order chi connectivity index (χ0) is 12.3. The number of aliphatic hydroxyl groups is 1. The van der Waals surface area contributed by atoms with Gasteiger partial charge < -0.3 is 5.11 Å². The van der Waals surface area contributed by atoms with Gasteiger partial charge in [-0.05, 0) is 31.6 Å². The first-order valence-corrected chi connectivity index (χ1v) is 6.90. The number of rotatable bonds is 3. The van der Waals surface area contributed by atoms with Gasteiger partial charge in [-0.15, -0.1) is 0 Å². The first-order chi connectivity index (χ1) is 8.12. The van der Waals surface area contributed by atoms with Crippen molar-refractivity contribution in [2.45, 2.75) is 51.2 Å². The molecule has 0 amide bonds. The number of aliphatic hydroxyl groups excluding tert-OH is 1. The van der Waals surface area contributed by atoms with Crippen LogP contribution in [0.15, 0.2) is 24.3 Å². The minimum absolute atomic E-state index is 0.0783. The Morgan fingerprint density at radius 3 is 2.53 bits per heavy atom. The average molecular weight is 235 g/mol. The molecule has 0 aromatic heterocycles. The Kier molecular flexibility index (Phi) is 4.05. The molecule has 17 heavy (non-hydrogen) atoms. The summed E-state index contributed by atoms with van der Waals surface area (Å²) in [5.41, 5.74) is 0.211. The van der Waals surface area contributed by atoms with E-state index in [1.165, 1.54) is 6.42 Å². The van der Waals surface area contributed by atoms with E-state index in [2.05, 4.69) is 43.1 Å². The summed E-state index contributed by atoms with van der Waals surface area (Å²) in [5, 5.41) is 9.63. The Morgan fingerprint density at radius 2 is 2.00 bits per heavy atom. The van der Waals surface area contributed by atoms with E-state index in [0.717, 1.165) is 32.4 Å². The van der Waals surface area contributed by atoms with Gasteiger partial charge in [0.2, 0.25) is 0 Å². The number of piperidine rings is 1. The second-order valence-corrected chi connectivity index (χ2v) is 5.91. The van der Waals surface area contributed by atoms with Crippen LogP contribution in [0, 0.1) is 5.92 Å². The summed E-state index contributed by atoms with van der Waals surface area (Å²) in [6, 6.07) is 0. The van der Waals surface area contributed by atoms with Gasteiger partial charge in [0.05, 0.1) is 6.10 Å². The summed E-state index contributed by atoms with van der Waals surface area (Å²) in [5.74, 6) is 0.706. The fourth-order valence-corrected chi connectivity index (χ4v) is 3.19. The van der Waals surface area contributed by atoms with Crippen LogP contribution >= 0.6 is 0 Å². The molecule has 1 heterocycles. The van der Waals surface area contributed by atoms with E-state index in [-0.39, 0.29) is 11.6 Å². The molecule has 0 bridgehead atoms. The summed E-state index contributed by atoms with van der Waals surface area (Å²) in [7, 11) is 0. The van der Waals surface area contributed by atoms with Gasteiger partial charge in [0.25, 0.3) is 0 Å². The molecule has 1 atom stereocenters. The third kappa shape index (κ3) is 2.99. The van der Waals surface area contributed by atoms with Crippen LogP contribution in [0.25, 0.3) is 0 Å². The maximum Gasteiger partial charge on any atom is 0.0564 e. The lowest BCUT2D eigenvalue weighted by Crippen LogP contribution is -2.52. The van der Waals surface area contributed by atoms with Crippen molar-refractivity contribution in [3.05, 3.63) is 24.3 Å². The van der Waals surface area contributed by atoms with Gasteiger partial charge in [0.15, 0.2) is 0 Å². The van der Waals surface area contributed by atoms with E-state index in [1.54, 1.807) is 0 Å². The number of hydrogen-bond acceptors (Lipinski definition) is 2. The molecule has 0 spiro atoms. The highest BCUT2D eigenvalue weighted by Gasteiger charge is 2.36. The quantitative estimate of drug-likeness (QED) is 0.813. The molecule has 1 aliphatic heterocycles. The highest BCUT2D eigenvalue weighted by Crippen LogP contribution is 2.34. The van der Waals surface area contributed by atoms with Crippen LogP contribution in [-0.4, -0.2) is 34.7 Å². The van der Waals surface area contributed by atoms with Crippen LogP contribution in [0.2, 0.25) is 0 Å². The molecule has 2 nitrogen and oxygen atoms in total. The highest BCUT2D eigenvalue weighted by molar-refractivity contribution is 5.22. The standard InChI is InChI=1S/C15H25NO/c1-13(2)12-15(8-4-3-5-9-15)16-10-6-14(17)7-11-16/h3-5,8,13-14,17H,6-7,9-12H2,1-2H3. The fraction of sp³-hybridized carbons (Fsp3) is 0.733. The van der Waals surface area contributed by atoms with E-state index in [0.29, 0.717) is 5.92 Å². The molecule has 1 unspecified atom stereocenters. The van der Waals surface area contributed by atoms with Crippen LogP contribution in [0.5, 0.6) is 0 Å². The van der Waals surface area contributed by atoms with E-state index < -0.39 is 0 Å². The third-order valence-corrected chi connectivity index (χ3v) is 3.98. The van der Waals surface area contributed by atoms with Crippen LogP contribution in [0.3, 0.4) is 0 Å². The molecule has 0 radical (unpaired) electrons. The lowest BCUT2D eigenvalue weighted by molar-refractivity contribution is 0.0272. The van der Waals surface area contributed by atoms with Crippen molar-refractivity contribution in [1.82, 2.24) is 4.90 Å². The van der Waals surface area contributed by atoms with Crippen molar-refractivity contribution in [2.75, 3.05) is 13.1 Å². The summed E-state index contributed by atoms with van der Waals surface area (Å²) < 4.78 is 0. The second kappa shape index (κ2) is 5.36. The normalized spacial score (nSPS) is 31.3. The van der Waals surface area contributed by atoms with Crippen molar-refractivity contribution >= 4 is 0 Å². The molecule has 0 aromatic carbocycles. The maximum atomic E-state index is 9.63. The van der Waals surface area contributed by atoms with Crippen molar-refractivity contribution in [3.8, 4) is 0 Å². The second-order valence-electron chi connectivity index (χ2n) is 5.91. The molecular formula is C15H25NO. The molecule has 2 heteroatoms. The Bertz CT molecular complexity index is 300. The number of nitrogens with zero attached hydrogens (tertiary/aromatic N) is 1. The van der Waals surface area contributed by atoms with E-state index in [4.69, 9.17) is 0 Å². The fourth-order valence-electron chi connectivity index (χ4n) is 3.19. The molecule has 1 aliphatic carbocycles. The first-order valence-electron chi connectivity index (χ1n) is 6.90. The molecule has 1 saturated heterocycles. The minimum Gasteiger partial charge on any atom is -0.393 e.